The van der Waals surface area contributed by atoms with Crippen LogP contribution in [0.3, 0.4) is 0 Å². The molecule has 0 saturated heterocycles. The summed E-state index contributed by atoms with van der Waals surface area (Å²) in [6, 6.07) is 14.0. The molecule has 0 unspecified atom stereocenters. The first kappa shape index (κ1) is 28.2. The largest absolute Gasteiger partial charge is 0.352 e. The standard InChI is InChI=1S/C27H36BrN3O4S/c1-4-25(27(33)29-23-10-6-5-7-11-23)30(18-21-15-13-20(2)14-16-21)26(32)19-31(36(3,34)35)24-12-8-9-22(28)17-24/h8-9,12-17,23,25H,4-7,10-11,18-19H2,1-3H3,(H,29,33)/t25-/m1/s1. The van der Waals surface area contributed by atoms with E-state index >= 15 is 0 Å². The molecule has 2 amide bonds. The van der Waals surface area contributed by atoms with E-state index in [1.54, 1.807) is 24.3 Å². The molecular formula is C27H36BrN3O4S. The van der Waals surface area contributed by atoms with Gasteiger partial charge in [0, 0.05) is 17.1 Å². The molecule has 1 fully saturated rings. The van der Waals surface area contributed by atoms with Gasteiger partial charge in [-0.15, -0.1) is 0 Å². The number of carbonyl (C=O) groups is 2. The van der Waals surface area contributed by atoms with Gasteiger partial charge in [-0.2, -0.15) is 0 Å². The van der Waals surface area contributed by atoms with Crippen LogP contribution in [0.5, 0.6) is 0 Å². The molecule has 7 nitrogen and oxygen atoms in total. The molecule has 1 atom stereocenters. The lowest BCUT2D eigenvalue weighted by Crippen LogP contribution is -2.53. The van der Waals surface area contributed by atoms with Crippen molar-refractivity contribution < 1.29 is 18.0 Å². The number of nitrogens with one attached hydrogen (secondary N) is 1. The monoisotopic (exact) mass is 577 g/mol. The van der Waals surface area contributed by atoms with Crippen LogP contribution in [0.4, 0.5) is 5.69 Å². The second-order valence-corrected chi connectivity index (χ2v) is 12.3. The first-order valence-electron chi connectivity index (χ1n) is 12.5. The average Bonchev–Trinajstić information content (AvgIpc) is 2.83. The lowest BCUT2D eigenvalue weighted by molar-refractivity contribution is -0.140. The Labute approximate surface area is 223 Å². The summed E-state index contributed by atoms with van der Waals surface area (Å²) in [5, 5.41) is 3.15. The molecule has 196 valence electrons. The average molecular weight is 579 g/mol. The molecule has 1 saturated carbocycles. The van der Waals surface area contributed by atoms with Gasteiger partial charge in [0.05, 0.1) is 11.9 Å². The number of rotatable bonds is 10. The summed E-state index contributed by atoms with van der Waals surface area (Å²) in [7, 11) is -3.75. The highest BCUT2D eigenvalue weighted by Gasteiger charge is 2.32. The fourth-order valence-electron chi connectivity index (χ4n) is 4.60. The zero-order chi connectivity index (χ0) is 26.3. The van der Waals surface area contributed by atoms with Gasteiger partial charge in [-0.05, 0) is 49.9 Å². The Hall–Kier alpha value is -2.39. The van der Waals surface area contributed by atoms with E-state index in [9.17, 15) is 18.0 Å². The van der Waals surface area contributed by atoms with Crippen molar-refractivity contribution in [2.24, 2.45) is 0 Å². The molecule has 3 rings (SSSR count). The van der Waals surface area contributed by atoms with Crippen molar-refractivity contribution in [1.29, 1.82) is 0 Å². The zero-order valence-corrected chi connectivity index (χ0v) is 23.6. The molecule has 0 bridgehead atoms. The van der Waals surface area contributed by atoms with E-state index in [1.807, 2.05) is 38.1 Å². The maximum Gasteiger partial charge on any atom is 0.244 e. The fraction of sp³-hybridized carbons (Fsp3) is 0.481. The van der Waals surface area contributed by atoms with Crippen molar-refractivity contribution in [2.45, 2.75) is 71.0 Å². The Morgan fingerprint density at radius 3 is 2.33 bits per heavy atom. The summed E-state index contributed by atoms with van der Waals surface area (Å²) < 4.78 is 27.2. The predicted molar refractivity (Wildman–Crippen MR) is 147 cm³/mol. The van der Waals surface area contributed by atoms with E-state index in [1.165, 1.54) is 11.3 Å². The van der Waals surface area contributed by atoms with Crippen LogP contribution < -0.4 is 9.62 Å². The first-order valence-corrected chi connectivity index (χ1v) is 15.1. The number of hydrogen-bond donors (Lipinski definition) is 1. The van der Waals surface area contributed by atoms with E-state index in [-0.39, 0.29) is 18.5 Å². The van der Waals surface area contributed by atoms with Gasteiger partial charge in [0.1, 0.15) is 12.6 Å². The van der Waals surface area contributed by atoms with Gasteiger partial charge in [-0.1, -0.05) is 78.0 Å². The van der Waals surface area contributed by atoms with Gasteiger partial charge >= 0.3 is 0 Å². The smallest absolute Gasteiger partial charge is 0.244 e. The van der Waals surface area contributed by atoms with Gasteiger partial charge in [0.25, 0.3) is 0 Å². The van der Waals surface area contributed by atoms with E-state index in [4.69, 9.17) is 0 Å². The summed E-state index contributed by atoms with van der Waals surface area (Å²) in [4.78, 5) is 28.7. The second-order valence-electron chi connectivity index (χ2n) is 9.52. The minimum Gasteiger partial charge on any atom is -0.352 e. The maximum atomic E-state index is 13.8. The van der Waals surface area contributed by atoms with E-state index < -0.39 is 28.5 Å². The summed E-state index contributed by atoms with van der Waals surface area (Å²) >= 11 is 3.37. The van der Waals surface area contributed by atoms with Crippen molar-refractivity contribution in [1.82, 2.24) is 10.2 Å². The number of benzene rings is 2. The van der Waals surface area contributed by atoms with Crippen LogP contribution in [-0.2, 0) is 26.2 Å². The van der Waals surface area contributed by atoms with Crippen LogP contribution in [0.1, 0.15) is 56.6 Å². The van der Waals surface area contributed by atoms with Crippen molar-refractivity contribution in [3.8, 4) is 0 Å². The minimum atomic E-state index is -3.75. The van der Waals surface area contributed by atoms with Crippen molar-refractivity contribution in [3.05, 3.63) is 64.1 Å². The van der Waals surface area contributed by atoms with Gasteiger partial charge in [-0.25, -0.2) is 8.42 Å². The molecule has 1 N–H and O–H groups in total. The van der Waals surface area contributed by atoms with Crippen LogP contribution in [0.25, 0.3) is 0 Å². The number of carbonyl (C=O) groups excluding carboxylic acids is 2. The number of halogens is 1. The number of amides is 2. The quantitative estimate of drug-likeness (QED) is 0.440. The zero-order valence-electron chi connectivity index (χ0n) is 21.2. The van der Waals surface area contributed by atoms with Gasteiger partial charge in [0.15, 0.2) is 0 Å². The van der Waals surface area contributed by atoms with Gasteiger partial charge in [0.2, 0.25) is 21.8 Å². The molecule has 1 aliphatic rings. The summed E-state index contributed by atoms with van der Waals surface area (Å²) in [5.74, 6) is -0.607. The Balaban J connectivity index is 1.90. The number of aryl methyl sites for hydroxylation is 1. The third-order valence-corrected chi connectivity index (χ3v) is 8.22. The Bertz CT molecular complexity index is 1150. The number of nitrogens with zero attached hydrogens (tertiary/aromatic N) is 2. The molecule has 0 heterocycles. The Morgan fingerprint density at radius 2 is 1.75 bits per heavy atom. The molecule has 1 aliphatic carbocycles. The molecule has 2 aromatic carbocycles. The van der Waals surface area contributed by atoms with E-state index in [0.717, 1.165) is 47.4 Å². The van der Waals surface area contributed by atoms with Gasteiger partial charge < -0.3 is 10.2 Å². The highest BCUT2D eigenvalue weighted by atomic mass is 79.9. The van der Waals surface area contributed by atoms with E-state index in [2.05, 4.69) is 21.2 Å². The third-order valence-electron chi connectivity index (χ3n) is 6.59. The molecule has 0 aromatic heterocycles. The summed E-state index contributed by atoms with van der Waals surface area (Å²) in [6.07, 6.45) is 6.74. The van der Waals surface area contributed by atoms with Crippen LogP contribution in [0.2, 0.25) is 0 Å². The SMILES string of the molecule is CC[C@H](C(=O)NC1CCCCC1)N(Cc1ccc(C)cc1)C(=O)CN(c1cccc(Br)c1)S(C)(=O)=O. The van der Waals surface area contributed by atoms with Crippen molar-refractivity contribution >= 4 is 43.5 Å². The van der Waals surface area contributed by atoms with E-state index in [0.29, 0.717) is 16.6 Å². The number of anilines is 1. The summed E-state index contributed by atoms with van der Waals surface area (Å²) in [5.41, 5.74) is 2.36. The highest BCUT2D eigenvalue weighted by Crippen LogP contribution is 2.24. The molecule has 9 heteroatoms. The van der Waals surface area contributed by atoms with Crippen LogP contribution in [0, 0.1) is 6.92 Å². The Kier molecular flexibility index (Phi) is 9.96. The summed E-state index contributed by atoms with van der Waals surface area (Å²) in [6.45, 7) is 3.68. The van der Waals surface area contributed by atoms with Crippen LogP contribution in [0.15, 0.2) is 53.0 Å². The predicted octanol–water partition coefficient (Wildman–Crippen LogP) is 4.78. The lowest BCUT2D eigenvalue weighted by Gasteiger charge is -2.34. The van der Waals surface area contributed by atoms with Crippen molar-refractivity contribution in [2.75, 3.05) is 17.1 Å². The van der Waals surface area contributed by atoms with Crippen molar-refractivity contribution in [3.63, 3.8) is 0 Å². The molecule has 0 radical (unpaired) electrons. The van der Waals surface area contributed by atoms with Gasteiger partial charge in [-0.3, -0.25) is 13.9 Å². The van der Waals surface area contributed by atoms with Crippen LogP contribution in [-0.4, -0.2) is 50.0 Å². The third kappa shape index (κ3) is 7.80. The van der Waals surface area contributed by atoms with Crippen LogP contribution >= 0.6 is 15.9 Å². The molecule has 36 heavy (non-hydrogen) atoms. The molecular weight excluding hydrogens is 542 g/mol. The molecule has 2 aromatic rings. The first-order chi connectivity index (χ1) is 17.1. The number of hydrogen-bond acceptors (Lipinski definition) is 4. The topological polar surface area (TPSA) is 86.8 Å². The highest BCUT2D eigenvalue weighted by molar-refractivity contribution is 9.10. The molecule has 0 aliphatic heterocycles. The molecule has 0 spiro atoms. The number of sulfonamides is 1. The maximum absolute atomic E-state index is 13.8. The minimum absolute atomic E-state index is 0.116. The second kappa shape index (κ2) is 12.7. The fourth-order valence-corrected chi connectivity index (χ4v) is 5.83. The lowest BCUT2D eigenvalue weighted by atomic mass is 9.95. The normalized spacial score (nSPS) is 15.2. The Morgan fingerprint density at radius 1 is 1.08 bits per heavy atom.